The first-order valence-electron chi connectivity index (χ1n) is 6.91. The third-order valence-electron chi connectivity index (χ3n) is 3.72. The number of benzene rings is 1. The first-order valence-corrected chi connectivity index (χ1v) is 6.91. The molecule has 2 amide bonds. The first kappa shape index (κ1) is 14.5. The van der Waals surface area contributed by atoms with Gasteiger partial charge in [-0.1, -0.05) is 19.9 Å². The molecule has 0 aromatic heterocycles. The van der Waals surface area contributed by atoms with E-state index in [1.807, 2.05) is 13.8 Å². The molecule has 4 nitrogen and oxygen atoms in total. The summed E-state index contributed by atoms with van der Waals surface area (Å²) in [6.45, 7) is 3.99. The summed E-state index contributed by atoms with van der Waals surface area (Å²) in [5.74, 6) is -0.713. The van der Waals surface area contributed by atoms with Gasteiger partial charge in [0.25, 0.3) is 0 Å². The molecule has 0 radical (unpaired) electrons. The Labute approximate surface area is 120 Å². The van der Waals surface area contributed by atoms with Crippen LogP contribution >= 0.6 is 0 Å². The smallest absolute Gasteiger partial charge is 0.249 e. The van der Waals surface area contributed by atoms with Crippen LogP contribution in [0.4, 0.5) is 10.1 Å². The molecule has 2 atom stereocenters. The second-order valence-electron chi connectivity index (χ2n) is 5.19. The highest BCUT2D eigenvalue weighted by atomic mass is 19.1. The molecular weight excluding hydrogens is 259 g/mol. The average Bonchev–Trinajstić information content (AvgIpc) is 2.41. The molecule has 2 N–H and O–H groups in total. The van der Waals surface area contributed by atoms with Gasteiger partial charge in [-0.25, -0.2) is 4.39 Å². The van der Waals surface area contributed by atoms with Crippen LogP contribution in [0.5, 0.6) is 0 Å². The van der Waals surface area contributed by atoms with Crippen molar-refractivity contribution in [1.29, 1.82) is 0 Å². The molecule has 1 aromatic rings. The van der Waals surface area contributed by atoms with E-state index >= 15 is 0 Å². The summed E-state index contributed by atoms with van der Waals surface area (Å²) in [7, 11) is 0. The van der Waals surface area contributed by atoms with Gasteiger partial charge in [-0.2, -0.15) is 0 Å². The third kappa shape index (κ3) is 3.15. The van der Waals surface area contributed by atoms with E-state index in [2.05, 4.69) is 10.6 Å². The number of halogens is 1. The SMILES string of the molecule is CCC(C)c1ccc(N[C@@H]2CCC(=O)NC2=O)cc1F.[HH].[HH]. The molecule has 1 unspecified atom stereocenters. The molecule has 1 aliphatic rings. The summed E-state index contributed by atoms with van der Waals surface area (Å²) in [6.07, 6.45) is 1.60. The van der Waals surface area contributed by atoms with Crippen molar-refractivity contribution in [3.63, 3.8) is 0 Å². The van der Waals surface area contributed by atoms with Crippen LogP contribution in [0.25, 0.3) is 0 Å². The molecule has 0 aliphatic carbocycles. The minimum absolute atomic E-state index is 0. The van der Waals surface area contributed by atoms with Gasteiger partial charge < -0.3 is 5.32 Å². The lowest BCUT2D eigenvalue weighted by molar-refractivity contribution is -0.133. The molecule has 2 rings (SSSR count). The largest absolute Gasteiger partial charge is 0.374 e. The van der Waals surface area contributed by atoms with E-state index < -0.39 is 6.04 Å². The highest BCUT2D eigenvalue weighted by Gasteiger charge is 2.26. The number of amides is 2. The van der Waals surface area contributed by atoms with Crippen LogP contribution in [0.1, 0.15) is 47.4 Å². The van der Waals surface area contributed by atoms with Gasteiger partial charge in [0.1, 0.15) is 11.9 Å². The van der Waals surface area contributed by atoms with Crippen molar-refractivity contribution < 1.29 is 16.8 Å². The van der Waals surface area contributed by atoms with Crippen LogP contribution in [-0.4, -0.2) is 17.9 Å². The molecule has 1 heterocycles. The van der Waals surface area contributed by atoms with E-state index in [0.717, 1.165) is 6.42 Å². The topological polar surface area (TPSA) is 58.2 Å². The van der Waals surface area contributed by atoms with Gasteiger partial charge >= 0.3 is 0 Å². The lowest BCUT2D eigenvalue weighted by atomic mass is 9.97. The summed E-state index contributed by atoms with van der Waals surface area (Å²) in [4.78, 5) is 22.7. The summed E-state index contributed by atoms with van der Waals surface area (Å²) in [5.41, 5.74) is 1.24. The van der Waals surface area contributed by atoms with Gasteiger partial charge in [0.15, 0.2) is 0 Å². The Hall–Kier alpha value is -1.91. The van der Waals surface area contributed by atoms with Gasteiger partial charge in [-0.15, -0.1) is 0 Å². The van der Waals surface area contributed by atoms with E-state index in [1.165, 1.54) is 6.07 Å². The van der Waals surface area contributed by atoms with Crippen LogP contribution in [0, 0.1) is 5.82 Å². The van der Waals surface area contributed by atoms with Crippen LogP contribution in [-0.2, 0) is 9.59 Å². The fraction of sp³-hybridized carbons (Fsp3) is 0.467. The van der Waals surface area contributed by atoms with Crippen molar-refractivity contribution in [1.82, 2.24) is 5.32 Å². The van der Waals surface area contributed by atoms with Crippen LogP contribution in [0.15, 0.2) is 18.2 Å². The minimum atomic E-state index is -0.485. The van der Waals surface area contributed by atoms with Crippen LogP contribution in [0.3, 0.4) is 0 Å². The number of piperidine rings is 1. The molecule has 1 aliphatic heterocycles. The summed E-state index contributed by atoms with van der Waals surface area (Å²) >= 11 is 0. The maximum absolute atomic E-state index is 14.0. The van der Waals surface area contributed by atoms with E-state index in [1.54, 1.807) is 12.1 Å². The number of rotatable bonds is 4. The molecule has 0 saturated carbocycles. The number of imide groups is 1. The van der Waals surface area contributed by atoms with Gasteiger partial charge in [0.05, 0.1) is 0 Å². The Morgan fingerprint density at radius 2 is 2.25 bits per heavy atom. The number of carbonyl (C=O) groups excluding carboxylic acids is 2. The third-order valence-corrected chi connectivity index (χ3v) is 3.72. The molecule has 5 heteroatoms. The number of nitrogens with one attached hydrogen (secondary N) is 2. The van der Waals surface area contributed by atoms with E-state index in [-0.39, 0.29) is 26.4 Å². The van der Waals surface area contributed by atoms with Gasteiger partial charge in [0.2, 0.25) is 11.8 Å². The summed E-state index contributed by atoms with van der Waals surface area (Å²) in [5, 5.41) is 5.24. The Morgan fingerprint density at radius 3 is 2.85 bits per heavy atom. The Kier molecular flexibility index (Phi) is 4.37. The predicted octanol–water partition coefficient (Wildman–Crippen LogP) is 3.05. The molecule has 20 heavy (non-hydrogen) atoms. The number of carbonyl (C=O) groups is 2. The van der Waals surface area contributed by atoms with E-state index in [0.29, 0.717) is 24.1 Å². The lowest BCUT2D eigenvalue weighted by Gasteiger charge is -2.23. The highest BCUT2D eigenvalue weighted by molar-refractivity contribution is 6.01. The zero-order valence-electron chi connectivity index (χ0n) is 11.7. The molecular formula is C15H23FN2O2. The first-order chi connectivity index (χ1) is 9.51. The average molecular weight is 282 g/mol. The lowest BCUT2D eigenvalue weighted by Crippen LogP contribution is -2.47. The van der Waals surface area contributed by atoms with E-state index in [9.17, 15) is 14.0 Å². The predicted molar refractivity (Wildman–Crippen MR) is 79.1 cm³/mol. The number of hydrogen-bond acceptors (Lipinski definition) is 3. The molecule has 1 saturated heterocycles. The summed E-state index contributed by atoms with van der Waals surface area (Å²) < 4.78 is 14.0. The molecule has 0 spiro atoms. The zero-order chi connectivity index (χ0) is 14.7. The Morgan fingerprint density at radius 1 is 1.50 bits per heavy atom. The fourth-order valence-corrected chi connectivity index (χ4v) is 2.27. The summed E-state index contributed by atoms with van der Waals surface area (Å²) in [6, 6.07) is 4.44. The quantitative estimate of drug-likeness (QED) is 0.834. The monoisotopic (exact) mass is 282 g/mol. The van der Waals surface area contributed by atoms with E-state index in [4.69, 9.17) is 0 Å². The van der Waals surface area contributed by atoms with Gasteiger partial charge in [0, 0.05) is 15.0 Å². The van der Waals surface area contributed by atoms with Gasteiger partial charge in [-0.3, -0.25) is 14.9 Å². The van der Waals surface area contributed by atoms with Crippen molar-refractivity contribution >= 4 is 17.5 Å². The van der Waals surface area contributed by atoms with Crippen molar-refractivity contribution in [2.24, 2.45) is 0 Å². The van der Waals surface area contributed by atoms with Crippen molar-refractivity contribution in [3.05, 3.63) is 29.6 Å². The molecule has 112 valence electrons. The molecule has 1 aromatic carbocycles. The maximum atomic E-state index is 14.0. The van der Waals surface area contributed by atoms with Crippen molar-refractivity contribution in [2.45, 2.75) is 45.1 Å². The molecule has 1 fully saturated rings. The fourth-order valence-electron chi connectivity index (χ4n) is 2.27. The second-order valence-corrected chi connectivity index (χ2v) is 5.19. The standard InChI is InChI=1S/C15H19FN2O2.2H2/c1-3-9(2)11-5-4-10(8-12(11)16)17-13-6-7-14(19)18-15(13)20;;/h4-5,8-9,13,17H,3,6-7H2,1-2H3,(H,18,19,20);2*1H/t9?,13-;;/m1../s1. The Balaban J connectivity index is 0.00000220. The number of hydrogen-bond donors (Lipinski definition) is 2. The zero-order valence-corrected chi connectivity index (χ0v) is 11.7. The maximum Gasteiger partial charge on any atom is 0.249 e. The number of anilines is 1. The second kappa shape index (κ2) is 6.03. The van der Waals surface area contributed by atoms with Crippen LogP contribution < -0.4 is 10.6 Å². The Bertz CT molecular complexity index is 540. The van der Waals surface area contributed by atoms with Crippen molar-refractivity contribution in [3.8, 4) is 0 Å². The highest BCUT2D eigenvalue weighted by Crippen LogP contribution is 2.25. The van der Waals surface area contributed by atoms with Crippen LogP contribution in [0.2, 0.25) is 0 Å². The minimum Gasteiger partial charge on any atom is -0.374 e. The van der Waals surface area contributed by atoms with Crippen molar-refractivity contribution in [2.75, 3.05) is 5.32 Å². The normalized spacial score (nSPS) is 20.4. The van der Waals surface area contributed by atoms with Gasteiger partial charge in [-0.05, 0) is 36.5 Å². The molecule has 0 bridgehead atoms.